The maximum absolute atomic E-state index is 14.2. The molecule has 0 radical (unpaired) electrons. The number of carbonyl (C=O) groups excluding carboxylic acids is 2. The van der Waals surface area contributed by atoms with Crippen molar-refractivity contribution in [3.8, 4) is 0 Å². The summed E-state index contributed by atoms with van der Waals surface area (Å²) in [5.41, 5.74) is 3.70. The summed E-state index contributed by atoms with van der Waals surface area (Å²) in [4.78, 5) is 29.5. The number of benzene rings is 3. The van der Waals surface area contributed by atoms with Crippen LogP contribution < -0.4 is 9.62 Å². The second-order valence-corrected chi connectivity index (χ2v) is 13.8. The third-order valence-corrected chi connectivity index (χ3v) is 8.04. The lowest BCUT2D eigenvalue weighted by Gasteiger charge is -2.35. The fourth-order valence-corrected chi connectivity index (χ4v) is 5.47. The lowest BCUT2D eigenvalue weighted by atomic mass is 10.00. The highest BCUT2D eigenvalue weighted by Crippen LogP contribution is 2.24. The van der Waals surface area contributed by atoms with Crippen molar-refractivity contribution in [1.29, 1.82) is 0 Å². The quantitative estimate of drug-likeness (QED) is 0.329. The van der Waals surface area contributed by atoms with Gasteiger partial charge in [-0.3, -0.25) is 13.9 Å². The van der Waals surface area contributed by atoms with E-state index in [0.717, 1.165) is 32.8 Å². The van der Waals surface area contributed by atoms with E-state index in [2.05, 4.69) is 19.2 Å². The molecule has 0 aliphatic rings. The third-order valence-electron chi connectivity index (χ3n) is 6.90. The number of hydrogen-bond donors (Lipinski definition) is 1. The average molecular weight is 578 g/mol. The number of aryl methyl sites for hydroxylation is 1. The van der Waals surface area contributed by atoms with Gasteiger partial charge in [0.25, 0.3) is 0 Å². The van der Waals surface area contributed by atoms with Crippen LogP contribution in [0.5, 0.6) is 0 Å². The van der Waals surface area contributed by atoms with Crippen molar-refractivity contribution in [3.63, 3.8) is 0 Å². The highest BCUT2D eigenvalue weighted by molar-refractivity contribution is 7.92. The van der Waals surface area contributed by atoms with Gasteiger partial charge in [-0.15, -0.1) is 0 Å². The molecule has 1 N–H and O–H groups in total. The highest BCUT2D eigenvalue weighted by Gasteiger charge is 2.34. The summed E-state index contributed by atoms with van der Waals surface area (Å²) in [5.74, 6) is -0.478. The van der Waals surface area contributed by atoms with Gasteiger partial charge in [0.1, 0.15) is 12.6 Å². The first kappa shape index (κ1) is 31.9. The molecule has 0 aliphatic heterocycles. The number of nitrogens with zero attached hydrogens (tertiary/aromatic N) is 2. The minimum Gasteiger partial charge on any atom is -0.350 e. The molecular formula is C33H43N3O4S. The Hall–Kier alpha value is -3.65. The molecule has 3 aromatic carbocycles. The van der Waals surface area contributed by atoms with Crippen molar-refractivity contribution in [1.82, 2.24) is 10.2 Å². The molecule has 0 unspecified atom stereocenters. The van der Waals surface area contributed by atoms with Gasteiger partial charge in [0.15, 0.2) is 0 Å². The Morgan fingerprint density at radius 3 is 2.00 bits per heavy atom. The zero-order valence-electron chi connectivity index (χ0n) is 25.2. The van der Waals surface area contributed by atoms with E-state index in [1.807, 2.05) is 94.4 Å². The maximum atomic E-state index is 14.2. The van der Waals surface area contributed by atoms with Crippen molar-refractivity contribution in [2.45, 2.75) is 72.0 Å². The largest absolute Gasteiger partial charge is 0.350 e. The summed E-state index contributed by atoms with van der Waals surface area (Å²) in [6, 6.07) is 23.6. The number of sulfonamides is 1. The first-order chi connectivity index (χ1) is 19.2. The van der Waals surface area contributed by atoms with Crippen molar-refractivity contribution in [2.24, 2.45) is 0 Å². The van der Waals surface area contributed by atoms with E-state index in [1.54, 1.807) is 12.1 Å². The molecule has 0 aliphatic carbocycles. The zero-order valence-corrected chi connectivity index (χ0v) is 26.0. The fraction of sp³-hybridized carbons (Fsp3) is 0.394. The molecule has 41 heavy (non-hydrogen) atoms. The molecule has 3 aromatic rings. The van der Waals surface area contributed by atoms with Crippen LogP contribution in [0.2, 0.25) is 0 Å². The lowest BCUT2D eigenvalue weighted by molar-refractivity contribution is -0.140. The van der Waals surface area contributed by atoms with Gasteiger partial charge in [-0.05, 0) is 68.0 Å². The maximum Gasteiger partial charge on any atom is 0.244 e. The van der Waals surface area contributed by atoms with Crippen LogP contribution in [0.15, 0.2) is 78.9 Å². The van der Waals surface area contributed by atoms with Gasteiger partial charge < -0.3 is 10.2 Å². The summed E-state index contributed by atoms with van der Waals surface area (Å²) in [6.07, 6.45) is 1.37. The summed E-state index contributed by atoms with van der Waals surface area (Å²) in [5, 5.41) is 3.04. The van der Waals surface area contributed by atoms with Crippen LogP contribution in [0, 0.1) is 6.92 Å². The molecule has 220 valence electrons. The Morgan fingerprint density at radius 2 is 1.46 bits per heavy atom. The molecule has 7 nitrogen and oxygen atoms in total. The molecule has 1 atom stereocenters. The summed E-state index contributed by atoms with van der Waals surface area (Å²) < 4.78 is 27.1. The smallest absolute Gasteiger partial charge is 0.244 e. The van der Waals surface area contributed by atoms with Gasteiger partial charge in [0, 0.05) is 18.5 Å². The second kappa shape index (κ2) is 13.3. The molecule has 0 fully saturated rings. The van der Waals surface area contributed by atoms with Crippen LogP contribution in [-0.2, 0) is 32.6 Å². The van der Waals surface area contributed by atoms with Gasteiger partial charge in [-0.1, -0.05) is 80.6 Å². The van der Waals surface area contributed by atoms with Crippen molar-refractivity contribution in [2.75, 3.05) is 17.1 Å². The Bertz CT molecular complexity index is 1430. The molecule has 0 aromatic heterocycles. The summed E-state index contributed by atoms with van der Waals surface area (Å²) >= 11 is 0. The predicted molar refractivity (Wildman–Crippen MR) is 166 cm³/mol. The van der Waals surface area contributed by atoms with Crippen LogP contribution in [0.3, 0.4) is 0 Å². The predicted octanol–water partition coefficient (Wildman–Crippen LogP) is 5.44. The number of rotatable bonds is 11. The molecule has 8 heteroatoms. The van der Waals surface area contributed by atoms with Gasteiger partial charge in [-0.2, -0.15) is 0 Å². The van der Waals surface area contributed by atoms with Gasteiger partial charge >= 0.3 is 0 Å². The van der Waals surface area contributed by atoms with Gasteiger partial charge in [0.05, 0.1) is 11.9 Å². The van der Waals surface area contributed by atoms with Crippen molar-refractivity contribution in [3.05, 3.63) is 101 Å². The Labute approximate surface area is 245 Å². The molecule has 0 bridgehead atoms. The van der Waals surface area contributed by atoms with Crippen LogP contribution in [0.4, 0.5) is 5.69 Å². The highest BCUT2D eigenvalue weighted by atomic mass is 32.2. The Morgan fingerprint density at radius 1 is 0.878 bits per heavy atom. The standard InChI is InChI=1S/C33H43N3O4S/c1-24(2)27-17-19-29(20-18-27)36(41(7,39)40)23-31(37)35(22-28-16-12-11-13-25(28)3)30(32(38)34-33(4,5)6)21-26-14-9-8-10-15-26/h8-20,24,30H,21-23H2,1-7H3,(H,34,38)/t30-/m1/s1. The summed E-state index contributed by atoms with van der Waals surface area (Å²) in [7, 11) is -3.81. The molecule has 0 saturated carbocycles. The monoisotopic (exact) mass is 577 g/mol. The number of hydrogen-bond acceptors (Lipinski definition) is 4. The zero-order chi connectivity index (χ0) is 30.4. The van der Waals surface area contributed by atoms with Crippen LogP contribution in [0.1, 0.15) is 62.8 Å². The van der Waals surface area contributed by atoms with Crippen molar-refractivity contribution >= 4 is 27.5 Å². The van der Waals surface area contributed by atoms with E-state index in [-0.39, 0.29) is 24.8 Å². The fourth-order valence-electron chi connectivity index (χ4n) is 4.62. The topological polar surface area (TPSA) is 86.8 Å². The minimum atomic E-state index is -3.81. The van der Waals surface area contributed by atoms with Crippen LogP contribution in [0.25, 0.3) is 0 Å². The molecule has 0 heterocycles. The first-order valence-electron chi connectivity index (χ1n) is 13.9. The van der Waals surface area contributed by atoms with E-state index in [9.17, 15) is 18.0 Å². The van der Waals surface area contributed by atoms with E-state index in [4.69, 9.17) is 0 Å². The molecule has 2 amide bonds. The molecule has 0 spiro atoms. The normalized spacial score (nSPS) is 12.6. The SMILES string of the molecule is Cc1ccccc1CN(C(=O)CN(c1ccc(C(C)C)cc1)S(C)(=O)=O)[C@H](Cc1ccccc1)C(=O)NC(C)(C)C. The number of nitrogens with one attached hydrogen (secondary N) is 1. The van der Waals surface area contributed by atoms with Crippen LogP contribution >= 0.6 is 0 Å². The lowest BCUT2D eigenvalue weighted by Crippen LogP contribution is -2.56. The number of amides is 2. The van der Waals surface area contributed by atoms with E-state index < -0.39 is 34.1 Å². The molecular weight excluding hydrogens is 534 g/mol. The third kappa shape index (κ3) is 9.18. The van der Waals surface area contributed by atoms with Crippen LogP contribution in [-0.4, -0.2) is 49.5 Å². The Kier molecular flexibility index (Phi) is 10.4. The second-order valence-electron chi connectivity index (χ2n) is 11.9. The van der Waals surface area contributed by atoms with Gasteiger partial charge in [-0.25, -0.2) is 8.42 Å². The number of anilines is 1. The van der Waals surface area contributed by atoms with Gasteiger partial charge in [0.2, 0.25) is 21.8 Å². The number of carbonyl (C=O) groups is 2. The summed E-state index contributed by atoms with van der Waals surface area (Å²) in [6.45, 7) is 11.5. The van der Waals surface area contributed by atoms with E-state index in [1.165, 1.54) is 4.90 Å². The van der Waals surface area contributed by atoms with E-state index >= 15 is 0 Å². The average Bonchev–Trinajstić information content (AvgIpc) is 2.89. The van der Waals surface area contributed by atoms with E-state index in [0.29, 0.717) is 5.69 Å². The Balaban J connectivity index is 2.07. The van der Waals surface area contributed by atoms with Crippen molar-refractivity contribution < 1.29 is 18.0 Å². The molecule has 3 rings (SSSR count). The molecule has 0 saturated heterocycles. The minimum absolute atomic E-state index is 0.157. The first-order valence-corrected chi connectivity index (χ1v) is 15.8.